The van der Waals surface area contributed by atoms with Crippen molar-refractivity contribution in [3.63, 3.8) is 0 Å². The lowest BCUT2D eigenvalue weighted by molar-refractivity contribution is 0.622. The number of halogens is 2. The SMILES string of the molecule is Cc1cc(C(N)Cc2cc(F)ccc2Cl)sc1C. The molecule has 1 heterocycles. The van der Waals surface area contributed by atoms with Crippen molar-refractivity contribution in [3.8, 4) is 0 Å². The van der Waals surface area contributed by atoms with Crippen LogP contribution in [0.5, 0.6) is 0 Å². The van der Waals surface area contributed by atoms with Crippen LogP contribution in [-0.4, -0.2) is 0 Å². The molecule has 2 rings (SSSR count). The van der Waals surface area contributed by atoms with E-state index in [2.05, 4.69) is 19.9 Å². The number of hydrogen-bond acceptors (Lipinski definition) is 2. The summed E-state index contributed by atoms with van der Waals surface area (Å²) in [4.78, 5) is 2.39. The van der Waals surface area contributed by atoms with Crippen LogP contribution in [0, 0.1) is 19.7 Å². The molecule has 2 N–H and O–H groups in total. The van der Waals surface area contributed by atoms with Gasteiger partial charge in [-0.2, -0.15) is 0 Å². The summed E-state index contributed by atoms with van der Waals surface area (Å²) in [6.07, 6.45) is 0.552. The second-order valence-corrected chi connectivity index (χ2v) is 6.13. The second-order valence-electron chi connectivity index (χ2n) is 4.43. The fourth-order valence-corrected chi connectivity index (χ4v) is 3.06. The van der Waals surface area contributed by atoms with E-state index in [1.54, 1.807) is 17.4 Å². The first-order valence-corrected chi connectivity index (χ1v) is 6.93. The van der Waals surface area contributed by atoms with Crippen molar-refractivity contribution in [3.05, 3.63) is 56.0 Å². The van der Waals surface area contributed by atoms with Crippen LogP contribution < -0.4 is 5.73 Å². The first kappa shape index (κ1) is 13.5. The maximum absolute atomic E-state index is 13.2. The molecule has 1 aromatic heterocycles. The van der Waals surface area contributed by atoms with Gasteiger partial charge in [0.05, 0.1) is 0 Å². The summed E-state index contributed by atoms with van der Waals surface area (Å²) in [5, 5.41) is 0.567. The van der Waals surface area contributed by atoms with Gasteiger partial charge in [-0.3, -0.25) is 0 Å². The molecule has 0 spiro atoms. The number of rotatable bonds is 3. The Labute approximate surface area is 115 Å². The monoisotopic (exact) mass is 283 g/mol. The van der Waals surface area contributed by atoms with Crippen LogP contribution in [-0.2, 0) is 6.42 Å². The van der Waals surface area contributed by atoms with Gasteiger partial charge < -0.3 is 5.73 Å². The van der Waals surface area contributed by atoms with E-state index in [0.717, 1.165) is 10.4 Å². The van der Waals surface area contributed by atoms with Crippen molar-refractivity contribution < 1.29 is 4.39 Å². The Bertz CT molecular complexity index is 545. The predicted molar refractivity (Wildman–Crippen MR) is 75.8 cm³/mol. The third-order valence-electron chi connectivity index (χ3n) is 3.00. The van der Waals surface area contributed by atoms with Crippen molar-refractivity contribution in [2.75, 3.05) is 0 Å². The molecule has 96 valence electrons. The molecule has 0 bridgehead atoms. The molecule has 18 heavy (non-hydrogen) atoms. The zero-order valence-electron chi connectivity index (χ0n) is 10.3. The van der Waals surface area contributed by atoms with Gasteiger partial charge in [-0.15, -0.1) is 11.3 Å². The Morgan fingerprint density at radius 2 is 2.06 bits per heavy atom. The van der Waals surface area contributed by atoms with Gasteiger partial charge in [-0.05, 0) is 55.7 Å². The summed E-state index contributed by atoms with van der Waals surface area (Å²) < 4.78 is 13.2. The van der Waals surface area contributed by atoms with E-state index in [9.17, 15) is 4.39 Å². The molecule has 1 aromatic carbocycles. The normalized spacial score (nSPS) is 12.7. The number of benzene rings is 1. The maximum atomic E-state index is 13.2. The fourth-order valence-electron chi connectivity index (χ4n) is 1.82. The highest BCUT2D eigenvalue weighted by Gasteiger charge is 2.13. The summed E-state index contributed by atoms with van der Waals surface area (Å²) in [5.41, 5.74) is 8.16. The molecule has 4 heteroatoms. The molecule has 1 nitrogen and oxygen atoms in total. The Morgan fingerprint density at radius 3 is 2.67 bits per heavy atom. The van der Waals surface area contributed by atoms with Gasteiger partial charge in [0.15, 0.2) is 0 Å². The zero-order valence-corrected chi connectivity index (χ0v) is 11.9. The summed E-state index contributed by atoms with van der Waals surface area (Å²) in [6.45, 7) is 4.14. The van der Waals surface area contributed by atoms with Crippen molar-refractivity contribution in [1.29, 1.82) is 0 Å². The van der Waals surface area contributed by atoms with Gasteiger partial charge in [0.25, 0.3) is 0 Å². The molecule has 0 saturated carbocycles. The minimum absolute atomic E-state index is 0.137. The highest BCUT2D eigenvalue weighted by Crippen LogP contribution is 2.29. The van der Waals surface area contributed by atoms with Crippen molar-refractivity contribution in [2.24, 2.45) is 5.73 Å². The van der Waals surface area contributed by atoms with E-state index < -0.39 is 0 Å². The topological polar surface area (TPSA) is 26.0 Å². The number of nitrogens with two attached hydrogens (primary N) is 1. The Kier molecular flexibility index (Phi) is 4.05. The van der Waals surface area contributed by atoms with Crippen LogP contribution in [0.25, 0.3) is 0 Å². The van der Waals surface area contributed by atoms with Gasteiger partial charge in [0, 0.05) is 20.8 Å². The molecule has 0 aliphatic carbocycles. The lowest BCUT2D eigenvalue weighted by atomic mass is 10.0. The second kappa shape index (κ2) is 5.39. The van der Waals surface area contributed by atoms with E-state index in [1.165, 1.54) is 22.6 Å². The number of aryl methyl sites for hydroxylation is 2. The van der Waals surface area contributed by atoms with Crippen LogP contribution in [0.3, 0.4) is 0 Å². The van der Waals surface area contributed by atoms with Crippen LogP contribution in [0.2, 0.25) is 5.02 Å². The minimum atomic E-state index is -0.278. The van der Waals surface area contributed by atoms with Gasteiger partial charge in [0.1, 0.15) is 5.82 Å². The van der Waals surface area contributed by atoms with E-state index in [-0.39, 0.29) is 11.9 Å². The first-order valence-electron chi connectivity index (χ1n) is 5.74. The van der Waals surface area contributed by atoms with E-state index in [1.807, 2.05) is 0 Å². The van der Waals surface area contributed by atoms with Crippen LogP contribution in [0.1, 0.15) is 26.9 Å². The Hall–Kier alpha value is -0.900. The lowest BCUT2D eigenvalue weighted by Gasteiger charge is -2.11. The molecule has 0 aliphatic rings. The fraction of sp³-hybridized carbons (Fsp3) is 0.286. The quantitative estimate of drug-likeness (QED) is 0.888. The largest absolute Gasteiger partial charge is 0.323 e. The standard InChI is InChI=1S/C14H15ClFNS/c1-8-5-14(18-9(8)2)13(17)7-10-6-11(16)3-4-12(10)15/h3-6,13H,7,17H2,1-2H3. The highest BCUT2D eigenvalue weighted by molar-refractivity contribution is 7.12. The number of thiophene rings is 1. The Morgan fingerprint density at radius 1 is 1.33 bits per heavy atom. The van der Waals surface area contributed by atoms with Crippen LogP contribution in [0.15, 0.2) is 24.3 Å². The minimum Gasteiger partial charge on any atom is -0.323 e. The van der Waals surface area contributed by atoms with Crippen LogP contribution >= 0.6 is 22.9 Å². The van der Waals surface area contributed by atoms with E-state index in [4.69, 9.17) is 17.3 Å². The molecule has 0 aliphatic heterocycles. The van der Waals surface area contributed by atoms with Gasteiger partial charge in [-0.1, -0.05) is 11.6 Å². The molecule has 2 aromatic rings. The highest BCUT2D eigenvalue weighted by atomic mass is 35.5. The molecule has 1 unspecified atom stereocenters. The van der Waals surface area contributed by atoms with Crippen molar-refractivity contribution in [2.45, 2.75) is 26.3 Å². The smallest absolute Gasteiger partial charge is 0.123 e. The van der Waals surface area contributed by atoms with Gasteiger partial charge in [-0.25, -0.2) is 4.39 Å². The maximum Gasteiger partial charge on any atom is 0.123 e. The average Bonchev–Trinajstić information content (AvgIpc) is 2.64. The average molecular weight is 284 g/mol. The van der Waals surface area contributed by atoms with E-state index >= 15 is 0 Å². The molecular weight excluding hydrogens is 269 g/mol. The molecular formula is C14H15ClFNS. The molecule has 1 atom stereocenters. The van der Waals surface area contributed by atoms with Crippen LogP contribution in [0.4, 0.5) is 4.39 Å². The predicted octanol–water partition coefficient (Wildman–Crippen LogP) is 4.40. The number of hydrogen-bond donors (Lipinski definition) is 1. The zero-order chi connectivity index (χ0) is 13.3. The summed E-state index contributed by atoms with van der Waals surface area (Å²) in [7, 11) is 0. The van der Waals surface area contributed by atoms with Gasteiger partial charge in [0.2, 0.25) is 0 Å². The molecule has 0 saturated heterocycles. The van der Waals surface area contributed by atoms with E-state index in [0.29, 0.717) is 11.4 Å². The van der Waals surface area contributed by atoms with Gasteiger partial charge >= 0.3 is 0 Å². The van der Waals surface area contributed by atoms with Crippen molar-refractivity contribution in [1.82, 2.24) is 0 Å². The van der Waals surface area contributed by atoms with Crippen molar-refractivity contribution >= 4 is 22.9 Å². The third kappa shape index (κ3) is 2.91. The first-order chi connectivity index (χ1) is 8.47. The summed E-state index contributed by atoms with van der Waals surface area (Å²) in [6, 6.07) is 6.34. The third-order valence-corrected chi connectivity index (χ3v) is 4.65. The Balaban J connectivity index is 2.20. The summed E-state index contributed by atoms with van der Waals surface area (Å²) in [5.74, 6) is -0.278. The summed E-state index contributed by atoms with van der Waals surface area (Å²) >= 11 is 7.74. The lowest BCUT2D eigenvalue weighted by Crippen LogP contribution is -2.12. The molecule has 0 radical (unpaired) electrons. The molecule has 0 fully saturated rings. The molecule has 0 amide bonds.